The van der Waals surface area contributed by atoms with E-state index in [-0.39, 0.29) is 0 Å². The molecule has 1 aromatic rings. The van der Waals surface area contributed by atoms with E-state index < -0.39 is 23.6 Å². The van der Waals surface area contributed by atoms with Gasteiger partial charge in [0.05, 0.1) is 6.61 Å². The van der Waals surface area contributed by atoms with Crippen LogP contribution in [0.25, 0.3) is 0 Å². The molecule has 1 heterocycles. The first-order valence-corrected chi connectivity index (χ1v) is 7.22. The molecule has 0 spiro atoms. The minimum atomic E-state index is -1.16. The van der Waals surface area contributed by atoms with Crippen LogP contribution in [0.1, 0.15) is 45.5 Å². The zero-order chi connectivity index (χ0) is 15.5. The van der Waals surface area contributed by atoms with Gasteiger partial charge in [0.15, 0.2) is 5.41 Å². The fourth-order valence-electron chi connectivity index (χ4n) is 2.38. The van der Waals surface area contributed by atoms with Gasteiger partial charge in [-0.05, 0) is 44.0 Å². The number of ether oxygens (including phenoxy) is 3. The van der Waals surface area contributed by atoms with Crippen LogP contribution in [0.5, 0.6) is 5.75 Å². The Morgan fingerprint density at radius 1 is 1.00 bits per heavy atom. The Bertz CT molecular complexity index is 496. The Hall–Kier alpha value is -2.04. The molecule has 0 unspecified atom stereocenters. The highest BCUT2D eigenvalue weighted by Crippen LogP contribution is 2.39. The Labute approximate surface area is 124 Å². The van der Waals surface area contributed by atoms with Crippen LogP contribution in [0, 0.1) is 5.41 Å². The molecule has 0 aliphatic carbocycles. The molecule has 2 rings (SSSR count). The maximum Gasteiger partial charge on any atom is 0.326 e. The second kappa shape index (κ2) is 6.16. The number of esters is 2. The van der Waals surface area contributed by atoms with E-state index in [9.17, 15) is 9.59 Å². The Morgan fingerprint density at radius 3 is 1.95 bits per heavy atom. The van der Waals surface area contributed by atoms with Crippen LogP contribution in [-0.2, 0) is 19.1 Å². The molecule has 1 aliphatic rings. The van der Waals surface area contributed by atoms with Crippen LogP contribution in [0.15, 0.2) is 24.3 Å². The van der Waals surface area contributed by atoms with Crippen molar-refractivity contribution in [3.63, 3.8) is 0 Å². The van der Waals surface area contributed by atoms with E-state index >= 15 is 0 Å². The lowest BCUT2D eigenvalue weighted by Crippen LogP contribution is -2.46. The van der Waals surface area contributed by atoms with Crippen molar-refractivity contribution in [2.45, 2.75) is 39.9 Å². The molecule has 114 valence electrons. The summed E-state index contributed by atoms with van der Waals surface area (Å²) in [5.74, 6) is -0.309. The van der Waals surface area contributed by atoms with Gasteiger partial charge >= 0.3 is 11.9 Å². The average Bonchev–Trinajstić information content (AvgIpc) is 2.49. The van der Waals surface area contributed by atoms with Gasteiger partial charge in [0.1, 0.15) is 5.75 Å². The number of hydrogen-bond acceptors (Lipinski definition) is 5. The second-order valence-corrected chi connectivity index (χ2v) is 4.93. The second-order valence-electron chi connectivity index (χ2n) is 4.93. The minimum absolute atomic E-state index is 0.372. The van der Waals surface area contributed by atoms with E-state index in [0.717, 1.165) is 0 Å². The summed E-state index contributed by atoms with van der Waals surface area (Å²) in [6, 6.07) is 6.95. The average molecular weight is 292 g/mol. The number of rotatable bonds is 5. The highest BCUT2D eigenvalue weighted by Gasteiger charge is 2.51. The largest absolute Gasteiger partial charge is 0.494 e. The highest BCUT2D eigenvalue weighted by molar-refractivity contribution is 6.01. The van der Waals surface area contributed by atoms with Crippen molar-refractivity contribution in [2.75, 3.05) is 6.61 Å². The maximum atomic E-state index is 12.2. The zero-order valence-corrected chi connectivity index (χ0v) is 12.5. The van der Waals surface area contributed by atoms with Gasteiger partial charge in [-0.1, -0.05) is 13.8 Å². The van der Waals surface area contributed by atoms with Gasteiger partial charge in [-0.2, -0.15) is 0 Å². The van der Waals surface area contributed by atoms with Crippen LogP contribution in [0.3, 0.4) is 0 Å². The van der Waals surface area contributed by atoms with Crippen molar-refractivity contribution in [3.8, 4) is 5.75 Å². The molecule has 0 aromatic heterocycles. The predicted molar refractivity (Wildman–Crippen MR) is 75.6 cm³/mol. The Morgan fingerprint density at radius 2 is 1.52 bits per heavy atom. The summed E-state index contributed by atoms with van der Waals surface area (Å²) in [6.07, 6.45) is -0.235. The lowest BCUT2D eigenvalue weighted by atomic mass is 9.82. The van der Waals surface area contributed by atoms with Crippen LogP contribution >= 0.6 is 0 Å². The fourth-order valence-corrected chi connectivity index (χ4v) is 2.38. The topological polar surface area (TPSA) is 61.8 Å². The van der Waals surface area contributed by atoms with Crippen LogP contribution in [-0.4, -0.2) is 18.5 Å². The standard InChI is InChI=1S/C16H20O5/c1-4-16(5-2)14(17)20-13(21-15(16)18)11-7-9-12(10-8-11)19-6-3/h7-10,13H,4-6H2,1-3H3. The molecule has 1 aromatic carbocycles. The van der Waals surface area contributed by atoms with Gasteiger partial charge in [0.2, 0.25) is 0 Å². The van der Waals surface area contributed by atoms with Gasteiger partial charge in [-0.15, -0.1) is 0 Å². The van der Waals surface area contributed by atoms with E-state index in [0.29, 0.717) is 30.8 Å². The van der Waals surface area contributed by atoms with Crippen molar-refractivity contribution in [1.82, 2.24) is 0 Å². The van der Waals surface area contributed by atoms with Crippen molar-refractivity contribution in [1.29, 1.82) is 0 Å². The summed E-state index contributed by atoms with van der Waals surface area (Å²) >= 11 is 0. The van der Waals surface area contributed by atoms with Gasteiger partial charge in [-0.3, -0.25) is 9.59 Å². The first kappa shape index (κ1) is 15.4. The molecular weight excluding hydrogens is 272 g/mol. The molecule has 0 bridgehead atoms. The van der Waals surface area contributed by atoms with Crippen LogP contribution < -0.4 is 4.74 Å². The van der Waals surface area contributed by atoms with Crippen molar-refractivity contribution < 1.29 is 23.8 Å². The molecule has 1 aliphatic heterocycles. The number of cyclic esters (lactones) is 2. The van der Waals surface area contributed by atoms with Gasteiger partial charge in [0, 0.05) is 5.56 Å². The third-order valence-electron chi connectivity index (χ3n) is 3.88. The molecular formula is C16H20O5. The number of hydrogen-bond donors (Lipinski definition) is 0. The zero-order valence-electron chi connectivity index (χ0n) is 12.5. The molecule has 0 radical (unpaired) electrons. The van der Waals surface area contributed by atoms with E-state index in [1.54, 1.807) is 38.1 Å². The Kier molecular flexibility index (Phi) is 4.50. The molecule has 1 fully saturated rings. The third kappa shape index (κ3) is 2.73. The number of benzene rings is 1. The molecule has 5 nitrogen and oxygen atoms in total. The number of carbonyl (C=O) groups excluding carboxylic acids is 2. The smallest absolute Gasteiger partial charge is 0.326 e. The first-order valence-electron chi connectivity index (χ1n) is 7.22. The SMILES string of the molecule is CCOc1ccc(C2OC(=O)C(CC)(CC)C(=O)O2)cc1. The summed E-state index contributed by atoms with van der Waals surface area (Å²) in [4.78, 5) is 24.4. The lowest BCUT2D eigenvalue weighted by molar-refractivity contribution is -0.226. The van der Waals surface area contributed by atoms with E-state index in [1.807, 2.05) is 6.92 Å². The molecule has 0 atom stereocenters. The lowest BCUT2D eigenvalue weighted by Gasteiger charge is -2.35. The molecule has 5 heteroatoms. The van der Waals surface area contributed by atoms with Crippen molar-refractivity contribution >= 4 is 11.9 Å². The minimum Gasteiger partial charge on any atom is -0.494 e. The third-order valence-corrected chi connectivity index (χ3v) is 3.88. The van der Waals surface area contributed by atoms with Crippen LogP contribution in [0.2, 0.25) is 0 Å². The van der Waals surface area contributed by atoms with Gasteiger partial charge in [-0.25, -0.2) is 0 Å². The first-order chi connectivity index (χ1) is 10.1. The van der Waals surface area contributed by atoms with Crippen LogP contribution in [0.4, 0.5) is 0 Å². The monoisotopic (exact) mass is 292 g/mol. The quantitative estimate of drug-likeness (QED) is 0.616. The Balaban J connectivity index is 2.17. The summed E-state index contributed by atoms with van der Waals surface area (Å²) in [6.45, 7) is 6.03. The van der Waals surface area contributed by atoms with Gasteiger partial charge in [0.25, 0.3) is 6.29 Å². The summed E-state index contributed by atoms with van der Waals surface area (Å²) in [7, 11) is 0. The molecule has 0 N–H and O–H groups in total. The van der Waals surface area contributed by atoms with Gasteiger partial charge < -0.3 is 14.2 Å². The predicted octanol–water partition coefficient (Wildman–Crippen LogP) is 2.99. The van der Waals surface area contributed by atoms with E-state index in [2.05, 4.69) is 0 Å². The van der Waals surface area contributed by atoms with Crippen molar-refractivity contribution in [3.05, 3.63) is 29.8 Å². The van der Waals surface area contributed by atoms with E-state index in [4.69, 9.17) is 14.2 Å². The fraction of sp³-hybridized carbons (Fsp3) is 0.500. The molecule has 21 heavy (non-hydrogen) atoms. The van der Waals surface area contributed by atoms with Crippen molar-refractivity contribution in [2.24, 2.45) is 5.41 Å². The summed E-state index contributed by atoms with van der Waals surface area (Å²) < 4.78 is 16.0. The molecule has 0 amide bonds. The summed E-state index contributed by atoms with van der Waals surface area (Å²) in [5.41, 5.74) is -0.553. The normalized spacial score (nSPS) is 18.0. The summed E-state index contributed by atoms with van der Waals surface area (Å²) in [5, 5.41) is 0. The number of carbonyl (C=O) groups is 2. The maximum absolute atomic E-state index is 12.2. The molecule has 0 saturated carbocycles. The molecule has 1 saturated heterocycles. The van der Waals surface area contributed by atoms with E-state index in [1.165, 1.54) is 0 Å². The highest BCUT2D eigenvalue weighted by atomic mass is 16.7.